The van der Waals surface area contributed by atoms with Gasteiger partial charge >= 0.3 is 12.5 Å². The van der Waals surface area contributed by atoms with Crippen molar-refractivity contribution >= 4 is 11.8 Å². The number of rotatable bonds is 3. The second kappa shape index (κ2) is 5.74. The third-order valence-electron chi connectivity index (χ3n) is 2.55. The Kier molecular flexibility index (Phi) is 4.02. The Labute approximate surface area is 117 Å². The van der Waals surface area contributed by atoms with E-state index in [9.17, 15) is 18.0 Å². The van der Waals surface area contributed by atoms with E-state index in [-0.39, 0.29) is 11.4 Å². The van der Waals surface area contributed by atoms with Crippen LogP contribution in [0.4, 0.5) is 23.7 Å². The van der Waals surface area contributed by atoms with Crippen LogP contribution in [0.5, 0.6) is 5.75 Å². The van der Waals surface area contributed by atoms with Crippen LogP contribution in [0, 0.1) is 0 Å². The van der Waals surface area contributed by atoms with Crippen molar-refractivity contribution in [1.82, 2.24) is 0 Å². The molecule has 2 aromatic carbocycles. The number of para-hydroxylation sites is 1. The number of anilines is 1. The molecular formula is C14H10F3NO3. The third kappa shape index (κ3) is 4.13. The molecule has 7 heteroatoms. The first-order valence-corrected chi connectivity index (χ1v) is 5.80. The lowest BCUT2D eigenvalue weighted by Gasteiger charge is -2.12. The summed E-state index contributed by atoms with van der Waals surface area (Å²) in [5, 5.41) is 11.0. The number of nitrogens with one attached hydrogen (secondary N) is 1. The van der Waals surface area contributed by atoms with Crippen LogP contribution in [-0.4, -0.2) is 17.6 Å². The van der Waals surface area contributed by atoms with E-state index in [1.54, 1.807) is 24.3 Å². The second-order valence-corrected chi connectivity index (χ2v) is 4.05. The summed E-state index contributed by atoms with van der Waals surface area (Å²) in [5.41, 5.74) is 1.13. The quantitative estimate of drug-likeness (QED) is 0.886. The average Bonchev–Trinajstić information content (AvgIpc) is 2.37. The summed E-state index contributed by atoms with van der Waals surface area (Å²) in [6.07, 6.45) is -6.04. The summed E-state index contributed by atoms with van der Waals surface area (Å²) >= 11 is 0. The molecule has 0 radical (unpaired) electrons. The predicted octanol–water partition coefficient (Wildman–Crippen LogP) is 4.34. The Bertz CT molecular complexity index is 656. The molecule has 2 N–H and O–H groups in total. The van der Waals surface area contributed by atoms with Gasteiger partial charge in [0, 0.05) is 5.56 Å². The van der Waals surface area contributed by atoms with Gasteiger partial charge in [0.1, 0.15) is 5.75 Å². The Hall–Kier alpha value is -2.70. The van der Waals surface area contributed by atoms with Crippen molar-refractivity contribution < 1.29 is 27.8 Å². The van der Waals surface area contributed by atoms with Gasteiger partial charge in [0.2, 0.25) is 0 Å². The third-order valence-corrected chi connectivity index (χ3v) is 2.55. The van der Waals surface area contributed by atoms with E-state index in [1.165, 1.54) is 24.3 Å². The highest BCUT2D eigenvalue weighted by molar-refractivity contribution is 5.90. The lowest BCUT2D eigenvalue weighted by molar-refractivity contribution is -0.274. The van der Waals surface area contributed by atoms with Crippen molar-refractivity contribution in [2.45, 2.75) is 6.36 Å². The molecule has 0 fully saturated rings. The zero-order chi connectivity index (χ0) is 15.5. The summed E-state index contributed by atoms with van der Waals surface area (Å²) in [5.74, 6) is -0.370. The molecule has 0 aliphatic heterocycles. The molecular weight excluding hydrogens is 287 g/mol. The van der Waals surface area contributed by atoms with Gasteiger partial charge in [-0.05, 0) is 23.8 Å². The number of halogens is 3. The molecule has 0 unspecified atom stereocenters. The van der Waals surface area contributed by atoms with Crippen molar-refractivity contribution in [3.63, 3.8) is 0 Å². The molecule has 110 valence electrons. The number of alkyl halides is 3. The largest absolute Gasteiger partial charge is 0.573 e. The van der Waals surface area contributed by atoms with Gasteiger partial charge in [-0.15, -0.1) is 13.2 Å². The van der Waals surface area contributed by atoms with Crippen LogP contribution in [0.3, 0.4) is 0 Å². The van der Waals surface area contributed by atoms with Crippen molar-refractivity contribution in [2.24, 2.45) is 0 Å². The van der Waals surface area contributed by atoms with Gasteiger partial charge in [-0.25, -0.2) is 4.79 Å². The summed E-state index contributed by atoms with van der Waals surface area (Å²) < 4.78 is 40.5. The van der Waals surface area contributed by atoms with Gasteiger partial charge in [-0.3, -0.25) is 5.32 Å². The molecule has 0 bridgehead atoms. The zero-order valence-corrected chi connectivity index (χ0v) is 10.5. The summed E-state index contributed by atoms with van der Waals surface area (Å²) in [6, 6.07) is 11.7. The van der Waals surface area contributed by atoms with Crippen molar-refractivity contribution in [2.75, 3.05) is 5.32 Å². The lowest BCUT2D eigenvalue weighted by Crippen LogP contribution is -2.17. The number of carboxylic acid groups (broad SMARTS) is 1. The highest BCUT2D eigenvalue weighted by Gasteiger charge is 2.31. The number of ether oxygens (including phenoxy) is 1. The standard InChI is InChI=1S/C14H10F3NO3/c15-14(16,17)21-10-5-3-4-9(8-10)11-6-1-2-7-12(11)18-13(19)20/h1-8,18H,(H,19,20). The number of hydrogen-bond acceptors (Lipinski definition) is 2. The minimum atomic E-state index is -4.78. The molecule has 0 atom stereocenters. The molecule has 4 nitrogen and oxygen atoms in total. The van der Waals surface area contributed by atoms with E-state index in [4.69, 9.17) is 5.11 Å². The monoisotopic (exact) mass is 297 g/mol. The Morgan fingerprint density at radius 1 is 1.10 bits per heavy atom. The minimum Gasteiger partial charge on any atom is -0.465 e. The molecule has 0 aromatic heterocycles. The minimum absolute atomic E-state index is 0.272. The van der Waals surface area contributed by atoms with Crippen LogP contribution < -0.4 is 10.1 Å². The molecule has 0 saturated carbocycles. The van der Waals surface area contributed by atoms with Gasteiger partial charge in [0.15, 0.2) is 0 Å². The van der Waals surface area contributed by atoms with E-state index in [2.05, 4.69) is 10.1 Å². The van der Waals surface area contributed by atoms with Gasteiger partial charge in [0.25, 0.3) is 0 Å². The molecule has 0 spiro atoms. The fourth-order valence-corrected chi connectivity index (χ4v) is 1.82. The van der Waals surface area contributed by atoms with E-state index in [1.807, 2.05) is 0 Å². The van der Waals surface area contributed by atoms with Crippen LogP contribution in [0.25, 0.3) is 11.1 Å². The van der Waals surface area contributed by atoms with Gasteiger partial charge in [-0.1, -0.05) is 30.3 Å². The normalized spacial score (nSPS) is 11.0. The predicted molar refractivity (Wildman–Crippen MR) is 70.2 cm³/mol. The van der Waals surface area contributed by atoms with E-state index >= 15 is 0 Å². The molecule has 21 heavy (non-hydrogen) atoms. The summed E-state index contributed by atoms with van der Waals surface area (Å²) in [7, 11) is 0. The van der Waals surface area contributed by atoms with E-state index < -0.39 is 12.5 Å². The highest BCUT2D eigenvalue weighted by Crippen LogP contribution is 2.32. The van der Waals surface area contributed by atoms with Gasteiger partial charge < -0.3 is 9.84 Å². The average molecular weight is 297 g/mol. The van der Waals surface area contributed by atoms with Crippen LogP contribution in [0.1, 0.15) is 0 Å². The molecule has 1 amide bonds. The molecule has 0 saturated heterocycles. The first-order chi connectivity index (χ1) is 9.85. The summed E-state index contributed by atoms with van der Waals surface area (Å²) in [6.45, 7) is 0. The van der Waals surface area contributed by atoms with Crippen molar-refractivity contribution in [3.8, 4) is 16.9 Å². The highest BCUT2D eigenvalue weighted by atomic mass is 19.4. The van der Waals surface area contributed by atoms with Crippen LogP contribution >= 0.6 is 0 Å². The molecule has 0 aliphatic rings. The maximum Gasteiger partial charge on any atom is 0.573 e. The number of benzene rings is 2. The Balaban J connectivity index is 2.38. The van der Waals surface area contributed by atoms with Gasteiger partial charge in [0.05, 0.1) is 5.69 Å². The van der Waals surface area contributed by atoms with Gasteiger partial charge in [-0.2, -0.15) is 0 Å². The maximum absolute atomic E-state index is 12.2. The van der Waals surface area contributed by atoms with Crippen LogP contribution in [0.2, 0.25) is 0 Å². The first-order valence-electron chi connectivity index (χ1n) is 5.80. The number of amides is 1. The van der Waals surface area contributed by atoms with Crippen LogP contribution in [-0.2, 0) is 0 Å². The van der Waals surface area contributed by atoms with E-state index in [0.29, 0.717) is 11.1 Å². The fraction of sp³-hybridized carbons (Fsp3) is 0.0714. The topological polar surface area (TPSA) is 58.6 Å². The zero-order valence-electron chi connectivity index (χ0n) is 10.5. The second-order valence-electron chi connectivity index (χ2n) is 4.05. The van der Waals surface area contributed by atoms with Crippen LogP contribution in [0.15, 0.2) is 48.5 Å². The smallest absolute Gasteiger partial charge is 0.465 e. The molecule has 2 aromatic rings. The SMILES string of the molecule is O=C(O)Nc1ccccc1-c1cccc(OC(F)(F)F)c1. The first kappa shape index (κ1) is 14.7. The molecule has 0 heterocycles. The summed E-state index contributed by atoms with van der Waals surface area (Å²) in [4.78, 5) is 10.7. The van der Waals surface area contributed by atoms with E-state index in [0.717, 1.165) is 0 Å². The number of hydrogen-bond donors (Lipinski definition) is 2. The Morgan fingerprint density at radius 3 is 2.48 bits per heavy atom. The molecule has 0 aliphatic carbocycles. The van der Waals surface area contributed by atoms with Crippen molar-refractivity contribution in [3.05, 3.63) is 48.5 Å². The Morgan fingerprint density at radius 2 is 1.81 bits per heavy atom. The number of carbonyl (C=O) groups is 1. The van der Waals surface area contributed by atoms with Crippen molar-refractivity contribution in [1.29, 1.82) is 0 Å². The lowest BCUT2D eigenvalue weighted by atomic mass is 10.0. The maximum atomic E-state index is 12.2. The fourth-order valence-electron chi connectivity index (χ4n) is 1.82. The molecule has 2 rings (SSSR count).